The second-order valence-electron chi connectivity index (χ2n) is 7.63. The van der Waals surface area contributed by atoms with Crippen LogP contribution in [-0.2, 0) is 11.3 Å². The molecule has 0 radical (unpaired) electrons. The summed E-state index contributed by atoms with van der Waals surface area (Å²) in [5, 5.41) is 2.76. The maximum Gasteiger partial charge on any atom is 0.225 e. The number of furan rings is 1. The monoisotopic (exact) mass is 356 g/mol. The molecule has 2 saturated carbocycles. The summed E-state index contributed by atoms with van der Waals surface area (Å²) >= 11 is 0. The molecule has 1 heterocycles. The highest BCUT2D eigenvalue weighted by Gasteiger charge is 2.37. The molecule has 2 aliphatic carbocycles. The second-order valence-corrected chi connectivity index (χ2v) is 7.63. The first-order chi connectivity index (χ1) is 12.6. The zero-order valence-electron chi connectivity index (χ0n) is 15.1. The molecule has 1 amide bonds. The van der Waals surface area contributed by atoms with E-state index >= 15 is 0 Å². The minimum absolute atomic E-state index is 0.0896. The first-order valence-electron chi connectivity index (χ1n) is 9.46. The molecule has 1 N–H and O–H groups in total. The number of rotatable bonds is 8. The van der Waals surface area contributed by atoms with Crippen molar-refractivity contribution in [3.8, 4) is 0 Å². The number of anilines is 1. The average molecular weight is 356 g/mol. The van der Waals surface area contributed by atoms with E-state index in [2.05, 4.69) is 29.3 Å². The number of hydrogen-bond donors (Lipinski definition) is 1. The molecule has 0 aliphatic heterocycles. The molecular formula is C21H25FN2O2. The number of amides is 1. The van der Waals surface area contributed by atoms with Gasteiger partial charge in [-0.2, -0.15) is 0 Å². The van der Waals surface area contributed by atoms with Crippen LogP contribution in [0.3, 0.4) is 0 Å². The summed E-state index contributed by atoms with van der Waals surface area (Å²) in [5.74, 6) is 2.98. The van der Waals surface area contributed by atoms with Crippen molar-refractivity contribution in [1.29, 1.82) is 0 Å². The van der Waals surface area contributed by atoms with Gasteiger partial charge in [-0.15, -0.1) is 0 Å². The summed E-state index contributed by atoms with van der Waals surface area (Å²) < 4.78 is 19.2. The normalized spacial score (nSPS) is 21.8. The Morgan fingerprint density at radius 1 is 1.31 bits per heavy atom. The molecule has 2 aliphatic rings. The quantitative estimate of drug-likeness (QED) is 0.755. The number of nitrogens with zero attached hydrogens (tertiary/aromatic N) is 1. The maximum atomic E-state index is 13.2. The van der Waals surface area contributed by atoms with Gasteiger partial charge in [0.25, 0.3) is 0 Å². The van der Waals surface area contributed by atoms with Crippen molar-refractivity contribution in [3.63, 3.8) is 0 Å². The molecular weight excluding hydrogens is 331 g/mol. The van der Waals surface area contributed by atoms with Gasteiger partial charge in [0.15, 0.2) is 0 Å². The maximum absolute atomic E-state index is 13.2. The molecule has 5 heteroatoms. The van der Waals surface area contributed by atoms with E-state index < -0.39 is 0 Å². The van der Waals surface area contributed by atoms with E-state index in [0.717, 1.165) is 24.0 Å². The van der Waals surface area contributed by atoms with E-state index in [-0.39, 0.29) is 11.7 Å². The molecule has 2 aromatic rings. The number of carbonyl (C=O) groups is 1. The van der Waals surface area contributed by atoms with Gasteiger partial charge in [0.05, 0.1) is 6.54 Å². The number of benzene rings is 1. The molecule has 26 heavy (non-hydrogen) atoms. The van der Waals surface area contributed by atoms with Crippen LogP contribution in [0.2, 0.25) is 0 Å². The van der Waals surface area contributed by atoms with Gasteiger partial charge in [0, 0.05) is 30.6 Å². The second kappa shape index (κ2) is 7.23. The van der Waals surface area contributed by atoms with Gasteiger partial charge in [-0.1, -0.05) is 13.0 Å². The number of carbonyl (C=O) groups excluding carboxylic acids is 1. The van der Waals surface area contributed by atoms with Crippen LogP contribution in [0, 0.1) is 11.7 Å². The fourth-order valence-corrected chi connectivity index (χ4v) is 3.46. The zero-order chi connectivity index (χ0) is 18.1. The van der Waals surface area contributed by atoms with Crippen LogP contribution in [0.25, 0.3) is 0 Å². The Morgan fingerprint density at radius 3 is 2.81 bits per heavy atom. The molecule has 0 spiro atoms. The number of nitrogens with one attached hydrogen (secondary N) is 1. The van der Waals surface area contributed by atoms with E-state index in [9.17, 15) is 9.18 Å². The van der Waals surface area contributed by atoms with E-state index in [0.29, 0.717) is 30.6 Å². The minimum atomic E-state index is -0.346. The van der Waals surface area contributed by atoms with Crippen LogP contribution in [0.1, 0.15) is 50.0 Å². The lowest BCUT2D eigenvalue weighted by molar-refractivity contribution is -0.116. The Hall–Kier alpha value is -2.14. The first kappa shape index (κ1) is 17.3. The van der Waals surface area contributed by atoms with Crippen LogP contribution < -0.4 is 5.32 Å². The summed E-state index contributed by atoms with van der Waals surface area (Å²) in [7, 11) is 0. The lowest BCUT2D eigenvalue weighted by atomic mass is 10.2. The predicted molar refractivity (Wildman–Crippen MR) is 98.3 cm³/mol. The van der Waals surface area contributed by atoms with Crippen LogP contribution in [-0.4, -0.2) is 23.4 Å². The lowest BCUT2D eigenvalue weighted by Crippen LogP contribution is -2.29. The fraction of sp³-hybridized carbons (Fsp3) is 0.476. The van der Waals surface area contributed by atoms with Crippen molar-refractivity contribution in [2.24, 2.45) is 5.92 Å². The minimum Gasteiger partial charge on any atom is -0.464 e. The summed E-state index contributed by atoms with van der Waals surface area (Å²) in [6.45, 7) is 3.68. The molecule has 0 saturated heterocycles. The van der Waals surface area contributed by atoms with Gasteiger partial charge in [0.2, 0.25) is 5.91 Å². The molecule has 1 aromatic heterocycles. The molecule has 1 aromatic carbocycles. The van der Waals surface area contributed by atoms with Gasteiger partial charge in [-0.05, 0) is 55.5 Å². The zero-order valence-corrected chi connectivity index (χ0v) is 15.1. The highest BCUT2D eigenvalue weighted by Crippen LogP contribution is 2.47. The highest BCUT2D eigenvalue weighted by atomic mass is 19.1. The van der Waals surface area contributed by atoms with Gasteiger partial charge < -0.3 is 9.73 Å². The summed E-state index contributed by atoms with van der Waals surface area (Å²) in [6, 6.07) is 10.7. The Kier molecular flexibility index (Phi) is 4.81. The van der Waals surface area contributed by atoms with Crippen molar-refractivity contribution in [2.75, 3.05) is 11.9 Å². The highest BCUT2D eigenvalue weighted by molar-refractivity contribution is 5.90. The number of halogens is 1. The average Bonchev–Trinajstić information content (AvgIpc) is 3.52. The van der Waals surface area contributed by atoms with Crippen LogP contribution in [0.5, 0.6) is 0 Å². The Morgan fingerprint density at radius 2 is 2.12 bits per heavy atom. The standard InChI is InChI=1S/C21H25FN2O2/c1-14-11-19(14)20-8-7-18(26-20)13-24(17-5-6-17)10-9-21(25)23-16-4-2-3-15(22)12-16/h2-4,7-8,12,14,17,19H,5-6,9-11,13H2,1H3,(H,23,25). The van der Waals surface area contributed by atoms with Crippen molar-refractivity contribution >= 4 is 11.6 Å². The largest absolute Gasteiger partial charge is 0.464 e. The molecule has 4 nitrogen and oxygen atoms in total. The van der Waals surface area contributed by atoms with Gasteiger partial charge >= 0.3 is 0 Å². The molecule has 0 bridgehead atoms. The lowest BCUT2D eigenvalue weighted by Gasteiger charge is -2.20. The number of hydrogen-bond acceptors (Lipinski definition) is 3. The molecule has 2 unspecified atom stereocenters. The van der Waals surface area contributed by atoms with E-state index in [4.69, 9.17) is 4.42 Å². The summed E-state index contributed by atoms with van der Waals surface area (Å²) in [5.41, 5.74) is 0.502. The van der Waals surface area contributed by atoms with E-state index in [1.807, 2.05) is 0 Å². The van der Waals surface area contributed by atoms with Gasteiger partial charge in [-0.25, -0.2) is 4.39 Å². The van der Waals surface area contributed by atoms with E-state index in [1.54, 1.807) is 12.1 Å². The Balaban J connectivity index is 1.30. The third-order valence-corrected chi connectivity index (χ3v) is 5.31. The Bertz CT molecular complexity index is 784. The van der Waals surface area contributed by atoms with Crippen molar-refractivity contribution in [1.82, 2.24) is 4.90 Å². The first-order valence-corrected chi connectivity index (χ1v) is 9.46. The molecule has 138 valence electrons. The van der Waals surface area contributed by atoms with Crippen molar-refractivity contribution in [3.05, 3.63) is 53.7 Å². The molecule has 2 atom stereocenters. The predicted octanol–water partition coefficient (Wildman–Crippen LogP) is 4.54. The van der Waals surface area contributed by atoms with Crippen LogP contribution in [0.15, 0.2) is 40.8 Å². The van der Waals surface area contributed by atoms with Crippen LogP contribution >= 0.6 is 0 Å². The van der Waals surface area contributed by atoms with Gasteiger partial charge in [0.1, 0.15) is 17.3 Å². The van der Waals surface area contributed by atoms with Crippen LogP contribution in [0.4, 0.5) is 10.1 Å². The van der Waals surface area contributed by atoms with Gasteiger partial charge in [-0.3, -0.25) is 9.69 Å². The molecule has 4 rings (SSSR count). The van der Waals surface area contributed by atoms with Crippen molar-refractivity contribution < 1.29 is 13.6 Å². The topological polar surface area (TPSA) is 45.5 Å². The smallest absolute Gasteiger partial charge is 0.225 e. The van der Waals surface area contributed by atoms with E-state index in [1.165, 1.54) is 31.4 Å². The third kappa shape index (κ3) is 4.33. The summed E-state index contributed by atoms with van der Waals surface area (Å²) in [6.07, 6.45) is 3.97. The summed E-state index contributed by atoms with van der Waals surface area (Å²) in [4.78, 5) is 14.5. The third-order valence-electron chi connectivity index (χ3n) is 5.31. The molecule has 2 fully saturated rings. The fourth-order valence-electron chi connectivity index (χ4n) is 3.46. The Labute approximate surface area is 153 Å². The van der Waals surface area contributed by atoms with Crippen molar-refractivity contribution in [2.45, 2.75) is 51.1 Å². The SMILES string of the molecule is CC1CC1c1ccc(CN(CCC(=O)Nc2cccc(F)c2)C2CC2)o1.